The van der Waals surface area contributed by atoms with Crippen molar-refractivity contribution in [1.29, 1.82) is 0 Å². The summed E-state index contributed by atoms with van der Waals surface area (Å²) in [5.41, 5.74) is 0.0262. The molecule has 1 aromatic carbocycles. The number of hydrogen-bond donors (Lipinski definition) is 1. The van der Waals surface area contributed by atoms with E-state index >= 15 is 0 Å². The van der Waals surface area contributed by atoms with Gasteiger partial charge in [-0.25, -0.2) is 0 Å². The van der Waals surface area contributed by atoms with Gasteiger partial charge in [0.2, 0.25) is 5.75 Å². The molecule has 1 heterocycles. The molecule has 0 saturated carbocycles. The van der Waals surface area contributed by atoms with E-state index in [1.807, 2.05) is 0 Å². The SMILES string of the molecule is COc1c(C(=O)N(C)C2CCCNC2)cccc1[N+](=O)[O-]. The molecule has 1 N–H and O–H groups in total. The number of nitro benzene ring substituents is 1. The molecule has 1 aliphatic heterocycles. The maximum Gasteiger partial charge on any atom is 0.311 e. The van der Waals surface area contributed by atoms with Crippen LogP contribution in [-0.2, 0) is 0 Å². The number of nitrogens with zero attached hydrogens (tertiary/aromatic N) is 2. The number of methoxy groups -OCH3 is 1. The zero-order valence-electron chi connectivity index (χ0n) is 12.2. The van der Waals surface area contributed by atoms with Crippen LogP contribution < -0.4 is 10.1 Å². The summed E-state index contributed by atoms with van der Waals surface area (Å²) in [6.45, 7) is 1.69. The highest BCUT2D eigenvalue weighted by Gasteiger charge is 2.28. The molecule has 1 amide bonds. The molecule has 0 aliphatic carbocycles. The smallest absolute Gasteiger partial charge is 0.311 e. The highest BCUT2D eigenvalue weighted by atomic mass is 16.6. The Kier molecular flexibility index (Phi) is 4.74. The zero-order valence-corrected chi connectivity index (χ0v) is 12.2. The minimum Gasteiger partial charge on any atom is -0.490 e. The molecule has 21 heavy (non-hydrogen) atoms. The van der Waals surface area contributed by atoms with Crippen molar-refractivity contribution < 1.29 is 14.5 Å². The van der Waals surface area contributed by atoms with E-state index in [2.05, 4.69) is 5.32 Å². The third kappa shape index (κ3) is 3.13. The number of nitrogens with one attached hydrogen (secondary N) is 1. The number of hydrogen-bond acceptors (Lipinski definition) is 5. The van der Waals surface area contributed by atoms with E-state index in [-0.39, 0.29) is 28.9 Å². The summed E-state index contributed by atoms with van der Waals surface area (Å²) in [6.07, 6.45) is 1.93. The number of nitro groups is 1. The minimum absolute atomic E-state index is 0.0168. The van der Waals surface area contributed by atoms with Gasteiger partial charge in [-0.3, -0.25) is 14.9 Å². The fourth-order valence-electron chi connectivity index (χ4n) is 2.57. The second kappa shape index (κ2) is 6.53. The van der Waals surface area contributed by atoms with Crippen LogP contribution in [-0.4, -0.2) is 49.0 Å². The Hall–Kier alpha value is -2.15. The van der Waals surface area contributed by atoms with Crippen LogP contribution in [0.5, 0.6) is 5.75 Å². The molecule has 0 spiro atoms. The Labute approximate surface area is 123 Å². The van der Waals surface area contributed by atoms with Crippen molar-refractivity contribution in [3.05, 3.63) is 33.9 Å². The maximum absolute atomic E-state index is 12.6. The minimum atomic E-state index is -0.544. The van der Waals surface area contributed by atoms with Crippen LogP contribution in [0, 0.1) is 10.1 Å². The third-order valence-electron chi connectivity index (χ3n) is 3.76. The zero-order chi connectivity index (χ0) is 15.4. The van der Waals surface area contributed by atoms with E-state index in [1.54, 1.807) is 18.0 Å². The molecule has 114 valence electrons. The average Bonchev–Trinajstić information content (AvgIpc) is 2.53. The van der Waals surface area contributed by atoms with Crippen molar-refractivity contribution in [1.82, 2.24) is 10.2 Å². The van der Waals surface area contributed by atoms with Gasteiger partial charge in [0.25, 0.3) is 5.91 Å². The van der Waals surface area contributed by atoms with Crippen LogP contribution in [0.25, 0.3) is 0 Å². The van der Waals surface area contributed by atoms with Crippen molar-refractivity contribution in [2.75, 3.05) is 27.2 Å². The van der Waals surface area contributed by atoms with Gasteiger partial charge in [0.05, 0.1) is 17.6 Å². The first-order valence-corrected chi connectivity index (χ1v) is 6.85. The lowest BCUT2D eigenvalue weighted by Crippen LogP contribution is -2.46. The van der Waals surface area contributed by atoms with Crippen LogP contribution in [0.2, 0.25) is 0 Å². The summed E-state index contributed by atoms with van der Waals surface area (Å²) >= 11 is 0. The van der Waals surface area contributed by atoms with Crippen molar-refractivity contribution >= 4 is 11.6 Å². The van der Waals surface area contributed by atoms with Crippen molar-refractivity contribution in [2.24, 2.45) is 0 Å². The molecule has 1 fully saturated rings. The second-order valence-corrected chi connectivity index (χ2v) is 5.03. The quantitative estimate of drug-likeness (QED) is 0.670. The van der Waals surface area contributed by atoms with Crippen molar-refractivity contribution in [2.45, 2.75) is 18.9 Å². The number of benzene rings is 1. The molecule has 1 saturated heterocycles. The summed E-state index contributed by atoms with van der Waals surface area (Å²) < 4.78 is 5.09. The van der Waals surface area contributed by atoms with Gasteiger partial charge in [0, 0.05) is 25.7 Å². The predicted octanol–water partition coefficient (Wildman–Crippen LogP) is 1.43. The van der Waals surface area contributed by atoms with Crippen LogP contribution in [0.4, 0.5) is 5.69 Å². The summed E-state index contributed by atoms with van der Waals surface area (Å²) in [4.78, 5) is 24.7. The molecular formula is C14H19N3O4. The molecule has 7 heteroatoms. The predicted molar refractivity (Wildman–Crippen MR) is 77.6 cm³/mol. The van der Waals surface area contributed by atoms with Gasteiger partial charge in [-0.2, -0.15) is 0 Å². The Morgan fingerprint density at radius 3 is 2.86 bits per heavy atom. The summed E-state index contributed by atoms with van der Waals surface area (Å²) in [5, 5.41) is 14.3. The van der Waals surface area contributed by atoms with Gasteiger partial charge in [-0.05, 0) is 25.5 Å². The van der Waals surface area contributed by atoms with Crippen molar-refractivity contribution in [3.63, 3.8) is 0 Å². The van der Waals surface area contributed by atoms with Crippen LogP contribution in [0.3, 0.4) is 0 Å². The lowest BCUT2D eigenvalue weighted by molar-refractivity contribution is -0.385. The topological polar surface area (TPSA) is 84.7 Å². The maximum atomic E-state index is 12.6. The van der Waals surface area contributed by atoms with E-state index in [9.17, 15) is 14.9 Å². The Balaban J connectivity index is 2.29. The second-order valence-electron chi connectivity index (χ2n) is 5.03. The highest BCUT2D eigenvalue weighted by molar-refractivity contribution is 5.98. The fourth-order valence-corrected chi connectivity index (χ4v) is 2.57. The van der Waals surface area contributed by atoms with Gasteiger partial charge in [-0.15, -0.1) is 0 Å². The lowest BCUT2D eigenvalue weighted by atomic mass is 10.0. The van der Waals surface area contributed by atoms with Crippen LogP contribution >= 0.6 is 0 Å². The standard InChI is InChI=1S/C14H19N3O4/c1-16(10-5-4-8-15-9-10)14(18)11-6-3-7-12(17(19)20)13(11)21-2/h3,6-7,10,15H,4-5,8-9H2,1-2H3. The van der Waals surface area contributed by atoms with E-state index in [0.29, 0.717) is 0 Å². The Morgan fingerprint density at radius 2 is 2.29 bits per heavy atom. The number of piperidine rings is 1. The van der Waals surface area contributed by atoms with Gasteiger partial charge in [0.1, 0.15) is 0 Å². The van der Waals surface area contributed by atoms with E-state index in [1.165, 1.54) is 19.2 Å². The van der Waals surface area contributed by atoms with E-state index < -0.39 is 4.92 Å². The number of carbonyl (C=O) groups excluding carboxylic acids is 1. The number of likely N-dealkylation sites (N-methyl/N-ethyl adjacent to an activating group) is 1. The van der Waals surface area contributed by atoms with Gasteiger partial charge >= 0.3 is 5.69 Å². The Bertz CT molecular complexity index is 541. The summed E-state index contributed by atoms with van der Waals surface area (Å²) in [7, 11) is 3.06. The first-order chi connectivity index (χ1) is 10.1. The largest absolute Gasteiger partial charge is 0.490 e. The van der Waals surface area contributed by atoms with E-state index in [0.717, 1.165) is 25.9 Å². The van der Waals surface area contributed by atoms with Crippen LogP contribution in [0.1, 0.15) is 23.2 Å². The molecular weight excluding hydrogens is 274 g/mol. The molecule has 0 aromatic heterocycles. The number of carbonyl (C=O) groups is 1. The number of rotatable bonds is 4. The summed E-state index contributed by atoms with van der Waals surface area (Å²) in [5.74, 6) is -0.243. The van der Waals surface area contributed by atoms with Gasteiger partial charge in [-0.1, -0.05) is 6.07 Å². The normalized spacial score (nSPS) is 18.1. The molecule has 1 atom stereocenters. The Morgan fingerprint density at radius 1 is 1.52 bits per heavy atom. The third-order valence-corrected chi connectivity index (χ3v) is 3.76. The molecule has 2 rings (SSSR count). The molecule has 1 aromatic rings. The fraction of sp³-hybridized carbons (Fsp3) is 0.500. The number of amides is 1. The van der Waals surface area contributed by atoms with E-state index in [4.69, 9.17) is 4.74 Å². The first kappa shape index (κ1) is 15.2. The lowest BCUT2D eigenvalue weighted by Gasteiger charge is -2.32. The van der Waals surface area contributed by atoms with Gasteiger partial charge < -0.3 is 15.0 Å². The number of para-hydroxylation sites is 1. The molecule has 7 nitrogen and oxygen atoms in total. The molecule has 0 radical (unpaired) electrons. The monoisotopic (exact) mass is 293 g/mol. The molecule has 1 aliphatic rings. The summed E-state index contributed by atoms with van der Waals surface area (Å²) in [6, 6.07) is 4.48. The van der Waals surface area contributed by atoms with Gasteiger partial charge in [0.15, 0.2) is 0 Å². The molecule has 0 bridgehead atoms. The van der Waals surface area contributed by atoms with Crippen molar-refractivity contribution in [3.8, 4) is 5.75 Å². The highest BCUT2D eigenvalue weighted by Crippen LogP contribution is 2.31. The van der Waals surface area contributed by atoms with Crippen LogP contribution in [0.15, 0.2) is 18.2 Å². The first-order valence-electron chi connectivity index (χ1n) is 6.85. The molecule has 1 unspecified atom stereocenters. The average molecular weight is 293 g/mol. The number of ether oxygens (including phenoxy) is 1.